The third-order valence-corrected chi connectivity index (χ3v) is 2.53. The van der Waals surface area contributed by atoms with Crippen LogP contribution in [0.3, 0.4) is 0 Å². The SMILES string of the molecule is N#C[C@@H]1C[C@H]2C=CC(=O)[C@@H]1C=C2. The molecule has 0 saturated carbocycles. The van der Waals surface area contributed by atoms with E-state index in [2.05, 4.69) is 6.07 Å². The lowest BCUT2D eigenvalue weighted by Gasteiger charge is -2.20. The molecule has 0 saturated heterocycles. The van der Waals surface area contributed by atoms with Crippen molar-refractivity contribution < 1.29 is 4.79 Å². The molecule has 2 nitrogen and oxygen atoms in total. The summed E-state index contributed by atoms with van der Waals surface area (Å²) in [5.74, 6) is 0.0997. The van der Waals surface area contributed by atoms with Gasteiger partial charge in [0.25, 0.3) is 0 Å². The van der Waals surface area contributed by atoms with E-state index in [-0.39, 0.29) is 17.6 Å². The second-order valence-corrected chi connectivity index (χ2v) is 3.31. The summed E-state index contributed by atoms with van der Waals surface area (Å²) in [4.78, 5) is 11.4. The number of carbonyl (C=O) groups is 1. The van der Waals surface area contributed by atoms with Gasteiger partial charge in [-0.15, -0.1) is 0 Å². The molecule has 0 aromatic carbocycles. The first kappa shape index (κ1) is 7.30. The second-order valence-electron chi connectivity index (χ2n) is 3.31. The van der Waals surface area contributed by atoms with E-state index in [1.165, 1.54) is 0 Å². The zero-order valence-electron chi connectivity index (χ0n) is 6.60. The highest BCUT2D eigenvalue weighted by Crippen LogP contribution is 2.32. The highest BCUT2D eigenvalue weighted by atomic mass is 16.1. The third-order valence-electron chi connectivity index (χ3n) is 2.53. The van der Waals surface area contributed by atoms with E-state index in [1.807, 2.05) is 18.2 Å². The lowest BCUT2D eigenvalue weighted by Crippen LogP contribution is -2.21. The summed E-state index contributed by atoms with van der Waals surface area (Å²) >= 11 is 0. The molecule has 0 aromatic heterocycles. The summed E-state index contributed by atoms with van der Waals surface area (Å²) in [6.07, 6.45) is 8.23. The number of hydrogen-bond acceptors (Lipinski definition) is 2. The summed E-state index contributed by atoms with van der Waals surface area (Å²) in [7, 11) is 0. The summed E-state index contributed by atoms with van der Waals surface area (Å²) in [5.41, 5.74) is 0. The highest BCUT2D eigenvalue weighted by Gasteiger charge is 2.31. The molecule has 0 radical (unpaired) electrons. The van der Waals surface area contributed by atoms with Gasteiger partial charge in [-0.2, -0.15) is 5.26 Å². The van der Waals surface area contributed by atoms with Crippen LogP contribution in [0.4, 0.5) is 0 Å². The molecule has 0 aliphatic heterocycles. The van der Waals surface area contributed by atoms with Crippen LogP contribution in [-0.4, -0.2) is 5.78 Å². The van der Waals surface area contributed by atoms with Crippen molar-refractivity contribution >= 4 is 5.78 Å². The Kier molecular flexibility index (Phi) is 1.58. The number of rotatable bonds is 0. The van der Waals surface area contributed by atoms with Gasteiger partial charge in [-0.25, -0.2) is 0 Å². The van der Waals surface area contributed by atoms with Gasteiger partial charge in [-0.1, -0.05) is 18.2 Å². The van der Waals surface area contributed by atoms with Crippen LogP contribution in [0.15, 0.2) is 24.3 Å². The summed E-state index contributed by atoms with van der Waals surface area (Å²) in [6, 6.07) is 2.19. The van der Waals surface area contributed by atoms with Crippen molar-refractivity contribution in [1.82, 2.24) is 0 Å². The van der Waals surface area contributed by atoms with Crippen molar-refractivity contribution in [1.29, 1.82) is 5.26 Å². The van der Waals surface area contributed by atoms with Crippen LogP contribution in [-0.2, 0) is 4.79 Å². The smallest absolute Gasteiger partial charge is 0.163 e. The summed E-state index contributed by atoms with van der Waals surface area (Å²) in [6.45, 7) is 0. The molecule has 3 rings (SSSR count). The van der Waals surface area contributed by atoms with Gasteiger partial charge in [0.05, 0.1) is 17.9 Å². The lowest BCUT2D eigenvalue weighted by atomic mass is 9.81. The molecule has 2 heteroatoms. The maximum atomic E-state index is 11.4. The molecule has 3 atom stereocenters. The lowest BCUT2D eigenvalue weighted by molar-refractivity contribution is -0.117. The van der Waals surface area contributed by atoms with Crippen LogP contribution in [0, 0.1) is 29.1 Å². The van der Waals surface area contributed by atoms with Crippen molar-refractivity contribution in [2.24, 2.45) is 17.8 Å². The van der Waals surface area contributed by atoms with Crippen LogP contribution < -0.4 is 0 Å². The zero-order chi connectivity index (χ0) is 8.55. The van der Waals surface area contributed by atoms with E-state index < -0.39 is 0 Å². The van der Waals surface area contributed by atoms with Crippen molar-refractivity contribution in [3.8, 4) is 6.07 Å². The Labute approximate surface area is 71.2 Å². The topological polar surface area (TPSA) is 40.9 Å². The predicted octanol–water partition coefficient (Wildman–Crippen LogP) is 1.46. The van der Waals surface area contributed by atoms with Crippen molar-refractivity contribution in [2.45, 2.75) is 6.42 Å². The quantitative estimate of drug-likeness (QED) is 0.502. The molecule has 0 spiro atoms. The zero-order valence-corrected chi connectivity index (χ0v) is 6.60. The van der Waals surface area contributed by atoms with Gasteiger partial charge < -0.3 is 0 Å². The molecular formula is C10H9NO. The van der Waals surface area contributed by atoms with Gasteiger partial charge in [-0.3, -0.25) is 4.79 Å². The molecule has 3 aliphatic carbocycles. The van der Waals surface area contributed by atoms with Crippen LogP contribution >= 0.6 is 0 Å². The van der Waals surface area contributed by atoms with Gasteiger partial charge >= 0.3 is 0 Å². The van der Waals surface area contributed by atoms with E-state index in [4.69, 9.17) is 5.26 Å². The van der Waals surface area contributed by atoms with Gasteiger partial charge in [0, 0.05) is 0 Å². The molecule has 0 N–H and O–H groups in total. The van der Waals surface area contributed by atoms with E-state index in [0.29, 0.717) is 5.92 Å². The second kappa shape index (κ2) is 2.60. The molecule has 0 amide bonds. The minimum atomic E-state index is -0.176. The highest BCUT2D eigenvalue weighted by molar-refractivity contribution is 5.94. The van der Waals surface area contributed by atoms with Crippen molar-refractivity contribution in [3.63, 3.8) is 0 Å². The Morgan fingerprint density at radius 3 is 3.00 bits per heavy atom. The molecule has 0 aromatic rings. The van der Waals surface area contributed by atoms with Crippen LogP contribution in [0.1, 0.15) is 6.42 Å². The Morgan fingerprint density at radius 2 is 2.25 bits per heavy atom. The molecule has 0 unspecified atom stereocenters. The molecule has 2 bridgehead atoms. The van der Waals surface area contributed by atoms with E-state index in [1.54, 1.807) is 6.08 Å². The number of nitriles is 1. The van der Waals surface area contributed by atoms with Gasteiger partial charge in [0.2, 0.25) is 0 Å². The fourth-order valence-electron chi connectivity index (χ4n) is 1.81. The number of fused-ring (bicyclic) bond motifs is 2. The Morgan fingerprint density at radius 1 is 1.42 bits per heavy atom. The van der Waals surface area contributed by atoms with Crippen molar-refractivity contribution in [2.75, 3.05) is 0 Å². The van der Waals surface area contributed by atoms with Gasteiger partial charge in [0.1, 0.15) is 0 Å². The molecule has 3 aliphatic rings. The standard InChI is InChI=1S/C10H9NO/c11-6-8-5-7-1-3-9(8)10(12)4-2-7/h1-4,7-9H,5H2/t7-,8+,9-/m1/s1. The fraction of sp³-hybridized carbons (Fsp3) is 0.400. The average Bonchev–Trinajstić information content (AvgIpc) is 2.37. The van der Waals surface area contributed by atoms with Crippen LogP contribution in [0.2, 0.25) is 0 Å². The number of carbonyl (C=O) groups excluding carboxylic acids is 1. The normalized spacial score (nSPS) is 37.9. The molecule has 0 fully saturated rings. The molecular weight excluding hydrogens is 150 g/mol. The molecule has 0 heterocycles. The first-order chi connectivity index (χ1) is 5.81. The Bertz CT molecular complexity index is 308. The molecule has 12 heavy (non-hydrogen) atoms. The van der Waals surface area contributed by atoms with Crippen molar-refractivity contribution in [3.05, 3.63) is 24.3 Å². The van der Waals surface area contributed by atoms with Gasteiger partial charge in [0.15, 0.2) is 5.78 Å². The first-order valence-corrected chi connectivity index (χ1v) is 4.11. The minimum absolute atomic E-state index is 0.0813. The average molecular weight is 159 g/mol. The fourth-order valence-corrected chi connectivity index (χ4v) is 1.81. The number of hydrogen-bond donors (Lipinski definition) is 0. The Hall–Kier alpha value is -1.36. The van der Waals surface area contributed by atoms with Crippen LogP contribution in [0.25, 0.3) is 0 Å². The van der Waals surface area contributed by atoms with Crippen LogP contribution in [0.5, 0.6) is 0 Å². The first-order valence-electron chi connectivity index (χ1n) is 4.11. The summed E-state index contributed by atoms with van der Waals surface area (Å²) < 4.78 is 0. The maximum absolute atomic E-state index is 11.4. The molecule has 60 valence electrons. The number of allylic oxidation sites excluding steroid dienone is 4. The van der Waals surface area contributed by atoms with Gasteiger partial charge in [-0.05, 0) is 18.4 Å². The number of nitrogens with zero attached hydrogens (tertiary/aromatic N) is 1. The van der Waals surface area contributed by atoms with E-state index >= 15 is 0 Å². The largest absolute Gasteiger partial charge is 0.294 e. The third kappa shape index (κ3) is 0.984. The van der Waals surface area contributed by atoms with E-state index in [0.717, 1.165) is 6.42 Å². The van der Waals surface area contributed by atoms with E-state index in [9.17, 15) is 4.79 Å². The predicted molar refractivity (Wildman–Crippen MR) is 44.0 cm³/mol. The Balaban J connectivity index is 2.39. The summed E-state index contributed by atoms with van der Waals surface area (Å²) in [5, 5.41) is 8.79. The maximum Gasteiger partial charge on any atom is 0.163 e. The number of ketones is 1. The minimum Gasteiger partial charge on any atom is -0.294 e. The monoisotopic (exact) mass is 159 g/mol.